The van der Waals surface area contributed by atoms with Gasteiger partial charge in [0, 0.05) is 0 Å². The first kappa shape index (κ1) is 27.9. The Kier molecular flexibility index (Phi) is 8.09. The normalized spacial score (nSPS) is 12.9. The zero-order valence-electron chi connectivity index (χ0n) is 20.1. The van der Waals surface area contributed by atoms with Gasteiger partial charge in [-0.2, -0.15) is 26.3 Å². The lowest BCUT2D eigenvalue weighted by molar-refractivity contribution is -0.143. The SMILES string of the molecule is COc1ccc(Oc2cc(-c3ccccc3)cc(C(CC(C)C)C(=O)O)c2C(F)(F)F)cc1C(F)(F)F. The molecule has 0 aromatic heterocycles. The van der Waals surface area contributed by atoms with Crippen LogP contribution in [0.15, 0.2) is 60.7 Å². The monoisotopic (exact) mass is 526 g/mol. The topological polar surface area (TPSA) is 55.8 Å². The van der Waals surface area contributed by atoms with E-state index in [1.165, 1.54) is 0 Å². The molecule has 4 nitrogen and oxygen atoms in total. The standard InChI is InChI=1S/C27H24F6O4/c1-15(2)11-20(25(34)35)19-12-17(16-7-5-4-6-8-16)13-23(24(19)27(31,32)33)37-18-9-10-22(36-3)21(14-18)26(28,29)30/h4-10,12-15,20H,11H2,1-3H3,(H,34,35). The van der Waals surface area contributed by atoms with Crippen LogP contribution < -0.4 is 9.47 Å². The Morgan fingerprint density at radius 1 is 0.865 bits per heavy atom. The summed E-state index contributed by atoms with van der Waals surface area (Å²) in [6.45, 7) is 3.36. The number of carbonyl (C=O) groups is 1. The van der Waals surface area contributed by atoms with Crippen molar-refractivity contribution in [1.82, 2.24) is 0 Å². The zero-order valence-corrected chi connectivity index (χ0v) is 20.1. The minimum absolute atomic E-state index is 0.100. The molecule has 0 bridgehead atoms. The van der Waals surface area contributed by atoms with Gasteiger partial charge in [-0.05, 0) is 59.4 Å². The molecule has 37 heavy (non-hydrogen) atoms. The Morgan fingerprint density at radius 3 is 2.03 bits per heavy atom. The predicted molar refractivity (Wildman–Crippen MR) is 125 cm³/mol. The van der Waals surface area contributed by atoms with Crippen LogP contribution in [0.3, 0.4) is 0 Å². The molecule has 0 amide bonds. The second-order valence-corrected chi connectivity index (χ2v) is 8.78. The van der Waals surface area contributed by atoms with Crippen molar-refractivity contribution in [3.05, 3.63) is 77.4 Å². The van der Waals surface area contributed by atoms with Crippen molar-refractivity contribution in [1.29, 1.82) is 0 Å². The summed E-state index contributed by atoms with van der Waals surface area (Å²) in [4.78, 5) is 12.1. The van der Waals surface area contributed by atoms with Crippen LogP contribution in [0.4, 0.5) is 26.3 Å². The van der Waals surface area contributed by atoms with Crippen molar-refractivity contribution >= 4 is 5.97 Å². The second-order valence-electron chi connectivity index (χ2n) is 8.78. The van der Waals surface area contributed by atoms with Crippen LogP contribution in [0.2, 0.25) is 0 Å². The highest BCUT2D eigenvalue weighted by Gasteiger charge is 2.42. The first-order chi connectivity index (χ1) is 17.2. The summed E-state index contributed by atoms with van der Waals surface area (Å²) in [5.41, 5.74) is -2.43. The number of methoxy groups -OCH3 is 1. The molecule has 0 radical (unpaired) electrons. The summed E-state index contributed by atoms with van der Waals surface area (Å²) < 4.78 is 94.0. The van der Waals surface area contributed by atoms with E-state index in [1.54, 1.807) is 44.2 Å². The van der Waals surface area contributed by atoms with Crippen LogP contribution in [0, 0.1) is 5.92 Å². The predicted octanol–water partition coefficient (Wildman–Crippen LogP) is 8.41. The van der Waals surface area contributed by atoms with Crippen LogP contribution in [0.1, 0.15) is 42.9 Å². The largest absolute Gasteiger partial charge is 0.496 e. The number of carboxylic acid groups (broad SMARTS) is 1. The first-order valence-corrected chi connectivity index (χ1v) is 11.2. The van der Waals surface area contributed by atoms with E-state index in [9.17, 15) is 36.2 Å². The van der Waals surface area contributed by atoms with Crippen LogP contribution in [0.5, 0.6) is 17.2 Å². The van der Waals surface area contributed by atoms with E-state index in [4.69, 9.17) is 9.47 Å². The second kappa shape index (κ2) is 10.7. The Morgan fingerprint density at radius 2 is 1.51 bits per heavy atom. The van der Waals surface area contributed by atoms with Gasteiger partial charge < -0.3 is 14.6 Å². The Balaban J connectivity index is 2.31. The smallest absolute Gasteiger partial charge is 0.420 e. The van der Waals surface area contributed by atoms with E-state index in [2.05, 4.69) is 0 Å². The molecule has 1 atom stereocenters. The van der Waals surface area contributed by atoms with E-state index in [-0.39, 0.29) is 17.9 Å². The number of ether oxygens (including phenoxy) is 2. The van der Waals surface area contributed by atoms with Gasteiger partial charge in [0.25, 0.3) is 0 Å². The minimum Gasteiger partial charge on any atom is -0.496 e. The summed E-state index contributed by atoms with van der Waals surface area (Å²) in [5, 5.41) is 9.84. The number of halogens is 6. The van der Waals surface area contributed by atoms with Gasteiger partial charge in [0.05, 0.1) is 13.0 Å². The number of hydrogen-bond acceptors (Lipinski definition) is 3. The van der Waals surface area contributed by atoms with Gasteiger partial charge in [0.15, 0.2) is 0 Å². The quantitative estimate of drug-likeness (QED) is 0.300. The maximum Gasteiger partial charge on any atom is 0.420 e. The van der Waals surface area contributed by atoms with E-state index >= 15 is 0 Å². The van der Waals surface area contributed by atoms with Crippen molar-refractivity contribution in [2.75, 3.05) is 7.11 Å². The maximum atomic E-state index is 14.4. The number of rotatable bonds is 8. The van der Waals surface area contributed by atoms with Gasteiger partial charge in [0.2, 0.25) is 0 Å². The molecule has 3 aromatic carbocycles. The van der Waals surface area contributed by atoms with Gasteiger partial charge in [-0.15, -0.1) is 0 Å². The summed E-state index contributed by atoms with van der Waals surface area (Å²) in [6, 6.07) is 12.9. The molecule has 1 N–H and O–H groups in total. The lowest BCUT2D eigenvalue weighted by Gasteiger charge is -2.24. The highest BCUT2D eigenvalue weighted by molar-refractivity contribution is 5.79. The van der Waals surface area contributed by atoms with Crippen LogP contribution in [0.25, 0.3) is 11.1 Å². The Labute approximate surface area is 209 Å². The minimum atomic E-state index is -5.07. The van der Waals surface area contributed by atoms with E-state index in [1.807, 2.05) is 0 Å². The van der Waals surface area contributed by atoms with Gasteiger partial charge >= 0.3 is 18.3 Å². The number of carboxylic acids is 1. The van der Waals surface area contributed by atoms with Gasteiger partial charge in [-0.3, -0.25) is 4.79 Å². The van der Waals surface area contributed by atoms with Gasteiger partial charge in [-0.25, -0.2) is 0 Å². The lowest BCUT2D eigenvalue weighted by atomic mass is 9.85. The summed E-state index contributed by atoms with van der Waals surface area (Å²) in [7, 11) is 1.03. The highest BCUT2D eigenvalue weighted by atomic mass is 19.4. The summed E-state index contributed by atoms with van der Waals surface area (Å²) >= 11 is 0. The van der Waals surface area contributed by atoms with E-state index in [0.717, 1.165) is 31.4 Å². The third-order valence-electron chi connectivity index (χ3n) is 5.61. The third kappa shape index (κ3) is 6.55. The number of alkyl halides is 6. The van der Waals surface area contributed by atoms with Crippen LogP contribution in [-0.4, -0.2) is 18.2 Å². The molecule has 0 saturated heterocycles. The summed E-state index contributed by atoms with van der Waals surface area (Å²) in [6.07, 6.45) is -10.0. The molecule has 0 aliphatic carbocycles. The summed E-state index contributed by atoms with van der Waals surface area (Å²) in [5.74, 6) is -5.12. The molecule has 1 unspecified atom stereocenters. The van der Waals surface area contributed by atoms with E-state index in [0.29, 0.717) is 11.6 Å². The molecular formula is C27H24F6O4. The molecule has 0 aliphatic heterocycles. The van der Waals surface area contributed by atoms with Crippen molar-refractivity contribution in [2.45, 2.75) is 38.5 Å². The molecule has 3 rings (SSSR count). The molecule has 10 heteroatoms. The molecule has 0 aliphatic rings. The molecular weight excluding hydrogens is 502 g/mol. The van der Waals surface area contributed by atoms with Crippen LogP contribution in [-0.2, 0) is 17.1 Å². The Hall–Kier alpha value is -3.69. The van der Waals surface area contributed by atoms with E-state index < -0.39 is 58.2 Å². The highest BCUT2D eigenvalue weighted by Crippen LogP contribution is 2.47. The fourth-order valence-corrected chi connectivity index (χ4v) is 4.02. The fraction of sp³-hybridized carbons (Fsp3) is 0.296. The van der Waals surface area contributed by atoms with Gasteiger partial charge in [0.1, 0.15) is 28.4 Å². The van der Waals surface area contributed by atoms with Crippen molar-refractivity contribution in [3.8, 4) is 28.4 Å². The number of hydrogen-bond donors (Lipinski definition) is 1. The fourth-order valence-electron chi connectivity index (χ4n) is 4.02. The zero-order chi connectivity index (χ0) is 27.5. The lowest BCUT2D eigenvalue weighted by Crippen LogP contribution is -2.20. The average Bonchev–Trinajstić information content (AvgIpc) is 2.81. The van der Waals surface area contributed by atoms with Crippen molar-refractivity contribution in [3.63, 3.8) is 0 Å². The Bertz CT molecular complexity index is 1250. The molecule has 0 saturated carbocycles. The average molecular weight is 526 g/mol. The third-order valence-corrected chi connectivity index (χ3v) is 5.61. The molecule has 198 valence electrons. The van der Waals surface area contributed by atoms with Crippen LogP contribution >= 0.6 is 0 Å². The molecule has 3 aromatic rings. The van der Waals surface area contributed by atoms with Gasteiger partial charge in [-0.1, -0.05) is 44.2 Å². The molecule has 0 heterocycles. The van der Waals surface area contributed by atoms with Crippen molar-refractivity contribution in [2.24, 2.45) is 5.92 Å². The first-order valence-electron chi connectivity index (χ1n) is 11.2. The van der Waals surface area contributed by atoms with Crippen molar-refractivity contribution < 1.29 is 45.7 Å². The maximum absolute atomic E-state index is 14.4. The molecule has 0 spiro atoms. The molecule has 0 fully saturated rings. The number of aliphatic carboxylic acids is 1. The number of benzene rings is 3.